The SMILES string of the molecule is O=S(=O)(NC[C@@H](c1cccs1)c1c[nH]c2ccccc12)c1ccc(F)cc1. The summed E-state index contributed by atoms with van der Waals surface area (Å²) in [5.41, 5.74) is 2.05. The van der Waals surface area contributed by atoms with Crippen molar-refractivity contribution >= 4 is 32.3 Å². The second kappa shape index (κ2) is 7.26. The molecule has 0 fully saturated rings. The zero-order valence-corrected chi connectivity index (χ0v) is 15.9. The summed E-state index contributed by atoms with van der Waals surface area (Å²) < 4.78 is 41.0. The van der Waals surface area contributed by atoms with Crippen LogP contribution in [0.15, 0.2) is 77.1 Å². The summed E-state index contributed by atoms with van der Waals surface area (Å²) in [6.07, 6.45) is 1.93. The normalized spacial score (nSPS) is 13.1. The van der Waals surface area contributed by atoms with Gasteiger partial charge in [-0.05, 0) is 47.3 Å². The molecule has 0 amide bonds. The Kier molecular flexibility index (Phi) is 4.82. The number of para-hydroxylation sites is 1. The van der Waals surface area contributed by atoms with E-state index in [1.54, 1.807) is 11.3 Å². The Balaban J connectivity index is 1.66. The van der Waals surface area contributed by atoms with Crippen LogP contribution in [0, 0.1) is 5.82 Å². The fourth-order valence-corrected chi connectivity index (χ4v) is 5.02. The summed E-state index contributed by atoms with van der Waals surface area (Å²) >= 11 is 1.59. The molecule has 4 nitrogen and oxygen atoms in total. The molecule has 7 heteroatoms. The van der Waals surface area contributed by atoms with Crippen LogP contribution < -0.4 is 4.72 Å². The Morgan fingerprint density at radius 2 is 1.81 bits per heavy atom. The number of H-pyrrole nitrogens is 1. The molecule has 0 spiro atoms. The van der Waals surface area contributed by atoms with Crippen LogP contribution in [0.1, 0.15) is 16.4 Å². The maximum atomic E-state index is 13.1. The number of sulfonamides is 1. The minimum absolute atomic E-state index is 0.0488. The monoisotopic (exact) mass is 400 g/mol. The van der Waals surface area contributed by atoms with Crippen molar-refractivity contribution < 1.29 is 12.8 Å². The minimum Gasteiger partial charge on any atom is -0.361 e. The Morgan fingerprint density at radius 3 is 2.56 bits per heavy atom. The first kappa shape index (κ1) is 17.9. The van der Waals surface area contributed by atoms with Gasteiger partial charge in [0.2, 0.25) is 10.0 Å². The van der Waals surface area contributed by atoms with E-state index in [0.29, 0.717) is 0 Å². The molecular weight excluding hydrogens is 383 g/mol. The largest absolute Gasteiger partial charge is 0.361 e. The standard InChI is InChI=1S/C20H17FN2O2S2/c21-14-7-9-15(10-8-14)27(24,25)23-13-18(20-6-3-11-26-20)17-12-22-19-5-2-1-4-16(17)19/h1-12,18,22-23H,13H2/t18-/m1/s1. The van der Waals surface area contributed by atoms with Crippen LogP contribution in [0.2, 0.25) is 0 Å². The smallest absolute Gasteiger partial charge is 0.240 e. The van der Waals surface area contributed by atoms with Gasteiger partial charge in [-0.3, -0.25) is 0 Å². The van der Waals surface area contributed by atoms with Gasteiger partial charge in [-0.15, -0.1) is 11.3 Å². The molecular formula is C20H17FN2O2S2. The second-order valence-corrected chi connectivity index (χ2v) is 8.91. The third-order valence-corrected chi connectivity index (χ3v) is 6.91. The van der Waals surface area contributed by atoms with E-state index in [-0.39, 0.29) is 17.4 Å². The molecule has 0 aliphatic rings. The number of nitrogens with one attached hydrogen (secondary N) is 2. The average Bonchev–Trinajstić information content (AvgIpc) is 3.33. The molecule has 138 valence electrons. The fraction of sp³-hybridized carbons (Fsp3) is 0.100. The van der Waals surface area contributed by atoms with Gasteiger partial charge in [0.05, 0.1) is 4.90 Å². The Hall–Kier alpha value is -2.48. The number of fused-ring (bicyclic) bond motifs is 1. The summed E-state index contributed by atoms with van der Waals surface area (Å²) in [5.74, 6) is -0.597. The number of rotatable bonds is 6. The zero-order chi connectivity index (χ0) is 18.9. The third kappa shape index (κ3) is 3.66. The predicted molar refractivity (Wildman–Crippen MR) is 106 cm³/mol. The first-order valence-electron chi connectivity index (χ1n) is 8.39. The van der Waals surface area contributed by atoms with Gasteiger partial charge in [-0.1, -0.05) is 24.3 Å². The van der Waals surface area contributed by atoms with Crippen molar-refractivity contribution in [1.29, 1.82) is 0 Å². The van der Waals surface area contributed by atoms with Gasteiger partial charge in [0.15, 0.2) is 0 Å². The van der Waals surface area contributed by atoms with Crippen molar-refractivity contribution in [3.05, 3.63) is 88.5 Å². The number of halogens is 1. The van der Waals surface area contributed by atoms with Gasteiger partial charge >= 0.3 is 0 Å². The molecule has 4 aromatic rings. The molecule has 0 aliphatic heterocycles. The lowest BCUT2D eigenvalue weighted by molar-refractivity contribution is 0.577. The topological polar surface area (TPSA) is 62.0 Å². The predicted octanol–water partition coefficient (Wildman–Crippen LogP) is 4.48. The van der Waals surface area contributed by atoms with Gasteiger partial charge < -0.3 is 4.98 Å². The van der Waals surface area contributed by atoms with Gasteiger partial charge in [0.1, 0.15) is 5.82 Å². The maximum Gasteiger partial charge on any atom is 0.240 e. The van der Waals surface area contributed by atoms with Crippen molar-refractivity contribution in [2.75, 3.05) is 6.54 Å². The molecule has 27 heavy (non-hydrogen) atoms. The van der Waals surface area contributed by atoms with E-state index in [0.717, 1.165) is 33.5 Å². The highest BCUT2D eigenvalue weighted by Gasteiger charge is 2.22. The van der Waals surface area contributed by atoms with Crippen LogP contribution in [0.4, 0.5) is 4.39 Å². The van der Waals surface area contributed by atoms with Gasteiger partial charge in [-0.2, -0.15) is 0 Å². The summed E-state index contributed by atoms with van der Waals surface area (Å²) in [4.78, 5) is 4.37. The first-order valence-corrected chi connectivity index (χ1v) is 10.8. The first-order chi connectivity index (χ1) is 13.0. The van der Waals surface area contributed by atoms with Crippen LogP contribution in [0.5, 0.6) is 0 Å². The molecule has 0 unspecified atom stereocenters. The summed E-state index contributed by atoms with van der Waals surface area (Å²) in [7, 11) is -3.73. The lowest BCUT2D eigenvalue weighted by atomic mass is 9.97. The van der Waals surface area contributed by atoms with Gasteiger partial charge in [0, 0.05) is 34.4 Å². The number of aromatic amines is 1. The molecule has 1 atom stereocenters. The number of thiophene rings is 1. The molecule has 0 aliphatic carbocycles. The van der Waals surface area contributed by atoms with E-state index in [4.69, 9.17) is 0 Å². The highest BCUT2D eigenvalue weighted by molar-refractivity contribution is 7.89. The number of hydrogen-bond donors (Lipinski definition) is 2. The maximum absolute atomic E-state index is 13.1. The molecule has 2 heterocycles. The average molecular weight is 401 g/mol. The van der Waals surface area contributed by atoms with Gasteiger partial charge in [-0.25, -0.2) is 17.5 Å². The van der Waals surface area contributed by atoms with E-state index in [9.17, 15) is 12.8 Å². The lowest BCUT2D eigenvalue weighted by Gasteiger charge is -2.16. The van der Waals surface area contributed by atoms with Gasteiger partial charge in [0.25, 0.3) is 0 Å². The highest BCUT2D eigenvalue weighted by Crippen LogP contribution is 2.33. The van der Waals surface area contributed by atoms with Crippen molar-refractivity contribution in [3.63, 3.8) is 0 Å². The van der Waals surface area contributed by atoms with Crippen LogP contribution in [0.25, 0.3) is 10.9 Å². The quantitative estimate of drug-likeness (QED) is 0.501. The molecule has 2 aromatic carbocycles. The number of hydrogen-bond acceptors (Lipinski definition) is 3. The van der Waals surface area contributed by atoms with E-state index >= 15 is 0 Å². The second-order valence-electron chi connectivity index (χ2n) is 6.16. The van der Waals surface area contributed by atoms with Crippen molar-refractivity contribution in [1.82, 2.24) is 9.71 Å². The van der Waals surface area contributed by atoms with E-state index in [1.165, 1.54) is 12.1 Å². The molecule has 2 aromatic heterocycles. The summed E-state index contributed by atoms with van der Waals surface area (Å²) in [6, 6.07) is 16.7. The highest BCUT2D eigenvalue weighted by atomic mass is 32.2. The molecule has 0 saturated heterocycles. The van der Waals surface area contributed by atoms with Crippen molar-refractivity contribution in [2.24, 2.45) is 0 Å². The Labute approximate surface area is 160 Å². The third-order valence-electron chi connectivity index (χ3n) is 4.48. The summed E-state index contributed by atoms with van der Waals surface area (Å²) in [5, 5.41) is 3.04. The summed E-state index contributed by atoms with van der Waals surface area (Å²) in [6.45, 7) is 0.210. The van der Waals surface area contributed by atoms with Crippen LogP contribution >= 0.6 is 11.3 Å². The van der Waals surface area contributed by atoms with Crippen molar-refractivity contribution in [3.8, 4) is 0 Å². The molecule has 2 N–H and O–H groups in total. The van der Waals surface area contributed by atoms with E-state index < -0.39 is 15.8 Å². The van der Waals surface area contributed by atoms with E-state index in [1.807, 2.05) is 48.0 Å². The molecule has 4 rings (SSSR count). The Morgan fingerprint density at radius 1 is 1.04 bits per heavy atom. The zero-order valence-electron chi connectivity index (χ0n) is 14.2. The number of benzene rings is 2. The number of aromatic nitrogens is 1. The van der Waals surface area contributed by atoms with Crippen LogP contribution in [-0.2, 0) is 10.0 Å². The van der Waals surface area contributed by atoms with Crippen molar-refractivity contribution in [2.45, 2.75) is 10.8 Å². The van der Waals surface area contributed by atoms with Crippen LogP contribution in [-0.4, -0.2) is 19.9 Å². The molecule has 0 bridgehead atoms. The van der Waals surface area contributed by atoms with E-state index in [2.05, 4.69) is 9.71 Å². The fourth-order valence-electron chi connectivity index (χ4n) is 3.13. The molecule has 0 radical (unpaired) electrons. The lowest BCUT2D eigenvalue weighted by Crippen LogP contribution is -2.28. The Bertz CT molecular complexity index is 1150. The van der Waals surface area contributed by atoms with Crippen LogP contribution in [0.3, 0.4) is 0 Å². The minimum atomic E-state index is -3.73. The molecule has 0 saturated carbocycles.